The highest BCUT2D eigenvalue weighted by molar-refractivity contribution is 6.80. The Balaban J connectivity index is 4.22. The van der Waals surface area contributed by atoms with Gasteiger partial charge in [0.05, 0.1) is 8.07 Å². The van der Waals surface area contributed by atoms with Gasteiger partial charge >= 0.3 is 5.97 Å². The summed E-state index contributed by atoms with van der Waals surface area (Å²) < 4.78 is 0. The maximum atomic E-state index is 10.6. The van der Waals surface area contributed by atoms with Crippen molar-refractivity contribution in [3.05, 3.63) is 0 Å². The van der Waals surface area contributed by atoms with Gasteiger partial charge in [0, 0.05) is 5.54 Å². The quantitative estimate of drug-likeness (QED) is 0.643. The van der Waals surface area contributed by atoms with E-state index in [1.54, 1.807) is 0 Å². The van der Waals surface area contributed by atoms with Crippen LogP contribution in [0.4, 0.5) is 0 Å². The van der Waals surface area contributed by atoms with E-state index < -0.39 is 14.0 Å². The molecule has 0 saturated heterocycles. The van der Waals surface area contributed by atoms with Crippen molar-refractivity contribution < 1.29 is 9.90 Å². The van der Waals surface area contributed by atoms with Gasteiger partial charge in [-0.15, -0.1) is 0 Å². The van der Waals surface area contributed by atoms with Gasteiger partial charge in [-0.05, 0) is 6.42 Å². The molecule has 10 heavy (non-hydrogen) atoms. The maximum Gasteiger partial charge on any atom is 0.303 e. The van der Waals surface area contributed by atoms with E-state index in [4.69, 9.17) is 5.11 Å². The molecule has 0 aliphatic heterocycles. The molecule has 0 rings (SSSR count). The van der Waals surface area contributed by atoms with Gasteiger partial charge in [0.15, 0.2) is 0 Å². The zero-order valence-electron chi connectivity index (χ0n) is 7.14. The molecular formula is C7H16O2Si. The first-order valence-corrected chi connectivity index (χ1v) is 7.20. The lowest BCUT2D eigenvalue weighted by atomic mass is 10.3. The Labute approximate surface area is 63.3 Å². The minimum Gasteiger partial charge on any atom is -0.481 e. The summed E-state index contributed by atoms with van der Waals surface area (Å²) >= 11 is 0. The molecule has 0 bridgehead atoms. The Kier molecular flexibility index (Phi) is 3.09. The lowest BCUT2D eigenvalue weighted by molar-refractivity contribution is -0.137. The smallest absolute Gasteiger partial charge is 0.303 e. The van der Waals surface area contributed by atoms with E-state index in [-0.39, 0.29) is 5.54 Å². The van der Waals surface area contributed by atoms with Crippen molar-refractivity contribution in [3.8, 4) is 0 Å². The normalized spacial score (nSPS) is 14.8. The highest BCUT2D eigenvalue weighted by Crippen LogP contribution is 2.24. The Morgan fingerprint density at radius 2 is 1.90 bits per heavy atom. The van der Waals surface area contributed by atoms with Gasteiger partial charge in [-0.25, -0.2) is 0 Å². The topological polar surface area (TPSA) is 37.3 Å². The van der Waals surface area contributed by atoms with Crippen LogP contribution >= 0.6 is 0 Å². The number of rotatable bonds is 3. The molecule has 2 nitrogen and oxygen atoms in total. The van der Waals surface area contributed by atoms with Gasteiger partial charge in [0.1, 0.15) is 0 Å². The summed E-state index contributed by atoms with van der Waals surface area (Å²) in [4.78, 5) is 10.6. The van der Waals surface area contributed by atoms with Crippen LogP contribution in [0.25, 0.3) is 0 Å². The molecular weight excluding hydrogens is 144 g/mol. The molecule has 0 aliphatic carbocycles. The summed E-state index contributed by atoms with van der Waals surface area (Å²) in [6, 6.07) is 0. The molecule has 0 heterocycles. The van der Waals surface area contributed by atoms with Crippen molar-refractivity contribution in [2.75, 3.05) is 0 Å². The third-order valence-corrected chi connectivity index (χ3v) is 4.50. The van der Waals surface area contributed by atoms with Crippen LogP contribution in [-0.4, -0.2) is 19.1 Å². The van der Waals surface area contributed by atoms with Gasteiger partial charge in [-0.3, -0.25) is 4.79 Å². The zero-order chi connectivity index (χ0) is 8.36. The standard InChI is InChI=1S/C7H16O2Si/c1-5-6(7(8)9)10(2,3)4/h6H,5H2,1-4H3,(H,8,9)/t6-/m0/s1. The first-order valence-electron chi connectivity index (χ1n) is 3.62. The van der Waals surface area contributed by atoms with Crippen LogP contribution in [-0.2, 0) is 4.79 Å². The summed E-state index contributed by atoms with van der Waals surface area (Å²) in [5.74, 6) is -0.623. The third-order valence-electron chi connectivity index (χ3n) is 1.75. The number of aliphatic carboxylic acids is 1. The van der Waals surface area contributed by atoms with Crippen LogP contribution in [0.1, 0.15) is 13.3 Å². The number of carboxylic acids is 1. The Morgan fingerprint density at radius 3 is 1.90 bits per heavy atom. The number of carboxylic acid groups (broad SMARTS) is 1. The SMILES string of the molecule is CC[C@@H](C(=O)O)[Si](C)(C)C. The van der Waals surface area contributed by atoms with E-state index in [1.807, 2.05) is 6.92 Å². The molecule has 60 valence electrons. The van der Waals surface area contributed by atoms with Crippen molar-refractivity contribution in [1.82, 2.24) is 0 Å². The molecule has 0 unspecified atom stereocenters. The van der Waals surface area contributed by atoms with E-state index in [9.17, 15) is 4.79 Å². The largest absolute Gasteiger partial charge is 0.481 e. The highest BCUT2D eigenvalue weighted by Gasteiger charge is 2.30. The average Bonchev–Trinajstić information content (AvgIpc) is 1.60. The molecule has 0 amide bonds. The fourth-order valence-corrected chi connectivity index (χ4v) is 3.12. The predicted octanol–water partition coefficient (Wildman–Crippen LogP) is 2.19. The minimum atomic E-state index is -1.45. The molecule has 0 spiro atoms. The van der Waals surface area contributed by atoms with E-state index in [0.29, 0.717) is 0 Å². The molecule has 0 aromatic heterocycles. The Hall–Kier alpha value is -0.313. The summed E-state index contributed by atoms with van der Waals surface area (Å²) in [6.45, 7) is 8.22. The molecule has 0 fully saturated rings. The van der Waals surface area contributed by atoms with Crippen LogP contribution in [0, 0.1) is 0 Å². The zero-order valence-corrected chi connectivity index (χ0v) is 8.14. The van der Waals surface area contributed by atoms with Crippen molar-refractivity contribution in [3.63, 3.8) is 0 Å². The van der Waals surface area contributed by atoms with Gasteiger partial charge in [0.25, 0.3) is 0 Å². The summed E-state index contributed by atoms with van der Waals surface area (Å²) in [5.41, 5.74) is -0.0764. The monoisotopic (exact) mass is 160 g/mol. The highest BCUT2D eigenvalue weighted by atomic mass is 28.3. The first kappa shape index (κ1) is 9.69. The maximum absolute atomic E-state index is 10.6. The fourth-order valence-electron chi connectivity index (χ4n) is 1.16. The Bertz CT molecular complexity index is 126. The Morgan fingerprint density at radius 1 is 1.50 bits per heavy atom. The van der Waals surface area contributed by atoms with Crippen LogP contribution in [0.3, 0.4) is 0 Å². The molecule has 0 radical (unpaired) electrons. The summed E-state index contributed by atoms with van der Waals surface area (Å²) in [7, 11) is -1.45. The number of carbonyl (C=O) groups is 1. The second-order valence-electron chi connectivity index (χ2n) is 3.67. The van der Waals surface area contributed by atoms with Gasteiger partial charge in [-0.2, -0.15) is 0 Å². The van der Waals surface area contributed by atoms with Crippen LogP contribution in [0.5, 0.6) is 0 Å². The molecule has 1 N–H and O–H groups in total. The van der Waals surface area contributed by atoms with Crippen LogP contribution < -0.4 is 0 Å². The van der Waals surface area contributed by atoms with Gasteiger partial charge in [-0.1, -0.05) is 26.6 Å². The van der Waals surface area contributed by atoms with Crippen molar-refractivity contribution in [2.45, 2.75) is 38.5 Å². The average molecular weight is 160 g/mol. The summed E-state index contributed by atoms with van der Waals surface area (Å²) in [5, 5.41) is 8.74. The second kappa shape index (κ2) is 3.19. The van der Waals surface area contributed by atoms with Crippen LogP contribution in [0.2, 0.25) is 25.2 Å². The number of hydrogen-bond acceptors (Lipinski definition) is 1. The molecule has 0 aliphatic rings. The van der Waals surface area contributed by atoms with Crippen LogP contribution in [0.15, 0.2) is 0 Å². The second-order valence-corrected chi connectivity index (χ2v) is 9.09. The van der Waals surface area contributed by atoms with Gasteiger partial charge < -0.3 is 5.11 Å². The van der Waals surface area contributed by atoms with Crippen molar-refractivity contribution in [1.29, 1.82) is 0 Å². The van der Waals surface area contributed by atoms with E-state index in [2.05, 4.69) is 19.6 Å². The number of hydrogen-bond donors (Lipinski definition) is 1. The van der Waals surface area contributed by atoms with E-state index >= 15 is 0 Å². The molecule has 3 heteroatoms. The first-order chi connectivity index (χ1) is 4.39. The predicted molar refractivity (Wildman–Crippen MR) is 45.0 cm³/mol. The van der Waals surface area contributed by atoms with Crippen molar-refractivity contribution >= 4 is 14.0 Å². The summed E-state index contributed by atoms with van der Waals surface area (Å²) in [6.07, 6.45) is 0.769. The minimum absolute atomic E-state index is 0.0764. The molecule has 0 aromatic carbocycles. The molecule has 0 saturated carbocycles. The lowest BCUT2D eigenvalue weighted by Gasteiger charge is -2.23. The van der Waals surface area contributed by atoms with E-state index in [1.165, 1.54) is 0 Å². The third kappa shape index (κ3) is 2.52. The lowest BCUT2D eigenvalue weighted by Crippen LogP contribution is -2.33. The molecule has 0 aromatic rings. The fraction of sp³-hybridized carbons (Fsp3) is 0.857. The van der Waals surface area contributed by atoms with E-state index in [0.717, 1.165) is 6.42 Å². The van der Waals surface area contributed by atoms with Gasteiger partial charge in [0.2, 0.25) is 0 Å². The molecule has 1 atom stereocenters. The van der Waals surface area contributed by atoms with Crippen molar-refractivity contribution in [2.24, 2.45) is 0 Å².